The average molecular weight is 317 g/mol. The maximum absolute atomic E-state index is 4.42. The van der Waals surface area contributed by atoms with E-state index in [1.54, 1.807) is 0 Å². The van der Waals surface area contributed by atoms with Crippen molar-refractivity contribution in [1.82, 2.24) is 10.3 Å². The Morgan fingerprint density at radius 3 is 2.95 bits per heavy atom. The summed E-state index contributed by atoms with van der Waals surface area (Å²) in [6, 6.07) is 13.3. The van der Waals surface area contributed by atoms with Crippen LogP contribution >= 0.6 is 15.9 Å². The molecule has 0 bridgehead atoms. The van der Waals surface area contributed by atoms with Crippen LogP contribution in [0, 0.1) is 0 Å². The monoisotopic (exact) mass is 316 g/mol. The van der Waals surface area contributed by atoms with E-state index in [-0.39, 0.29) is 6.04 Å². The lowest BCUT2D eigenvalue weighted by atomic mass is 10.1. The molecule has 0 amide bonds. The molecule has 2 nitrogen and oxygen atoms in total. The van der Waals surface area contributed by atoms with Crippen LogP contribution in [-0.4, -0.2) is 4.98 Å². The van der Waals surface area contributed by atoms with Crippen molar-refractivity contribution >= 4 is 15.9 Å². The summed E-state index contributed by atoms with van der Waals surface area (Å²) in [7, 11) is 0. The van der Waals surface area contributed by atoms with Crippen molar-refractivity contribution in [3.05, 3.63) is 63.9 Å². The lowest BCUT2D eigenvalue weighted by molar-refractivity contribution is 0.458. The first kappa shape index (κ1) is 12.8. The first-order valence-corrected chi connectivity index (χ1v) is 7.49. The van der Waals surface area contributed by atoms with Crippen LogP contribution in [0.1, 0.15) is 42.2 Å². The van der Waals surface area contributed by atoms with E-state index in [0.717, 1.165) is 18.5 Å². The Kier molecular flexibility index (Phi) is 3.67. The smallest absolute Gasteiger partial charge is 0.0570 e. The van der Waals surface area contributed by atoms with Gasteiger partial charge in [0, 0.05) is 22.8 Å². The highest BCUT2D eigenvalue weighted by Crippen LogP contribution is 2.36. The van der Waals surface area contributed by atoms with Gasteiger partial charge in [0.1, 0.15) is 0 Å². The summed E-state index contributed by atoms with van der Waals surface area (Å²) in [5, 5.41) is 3.70. The molecule has 3 rings (SSSR count). The van der Waals surface area contributed by atoms with E-state index >= 15 is 0 Å². The second kappa shape index (κ2) is 5.43. The maximum Gasteiger partial charge on any atom is 0.0570 e. The Bertz CT molecular complexity index is 568. The van der Waals surface area contributed by atoms with Crippen LogP contribution in [0.15, 0.2) is 47.1 Å². The molecule has 0 fully saturated rings. The average Bonchev–Trinajstić information content (AvgIpc) is 2.84. The van der Waals surface area contributed by atoms with Crippen LogP contribution in [0.3, 0.4) is 0 Å². The Morgan fingerprint density at radius 1 is 1.26 bits per heavy atom. The van der Waals surface area contributed by atoms with Gasteiger partial charge in [-0.15, -0.1) is 0 Å². The fourth-order valence-electron chi connectivity index (χ4n) is 2.80. The van der Waals surface area contributed by atoms with Gasteiger partial charge in [0.15, 0.2) is 0 Å². The van der Waals surface area contributed by atoms with Gasteiger partial charge in [-0.2, -0.15) is 0 Å². The standard InChI is InChI=1S/C16H17BrN2/c1-11(15-7-2-3-10-18-15)19-16-9-8-12-13(16)5-4-6-14(12)17/h2-7,10-11,16,19H,8-9H2,1H3/t11-,16?/m0/s1. The molecule has 1 aromatic carbocycles. The lowest BCUT2D eigenvalue weighted by Crippen LogP contribution is -2.23. The second-order valence-electron chi connectivity index (χ2n) is 5.04. The van der Waals surface area contributed by atoms with Crippen molar-refractivity contribution in [3.63, 3.8) is 0 Å². The van der Waals surface area contributed by atoms with Gasteiger partial charge in [-0.05, 0) is 49.1 Å². The van der Waals surface area contributed by atoms with Gasteiger partial charge in [0.2, 0.25) is 0 Å². The van der Waals surface area contributed by atoms with Gasteiger partial charge in [-0.1, -0.05) is 34.1 Å². The Morgan fingerprint density at radius 2 is 2.16 bits per heavy atom. The quantitative estimate of drug-likeness (QED) is 0.918. The lowest BCUT2D eigenvalue weighted by Gasteiger charge is -2.20. The fourth-order valence-corrected chi connectivity index (χ4v) is 3.38. The molecule has 0 saturated heterocycles. The van der Waals surface area contributed by atoms with Crippen molar-refractivity contribution in [2.24, 2.45) is 0 Å². The molecule has 3 heteroatoms. The van der Waals surface area contributed by atoms with E-state index in [1.807, 2.05) is 18.3 Å². The van der Waals surface area contributed by atoms with Gasteiger partial charge in [0.25, 0.3) is 0 Å². The van der Waals surface area contributed by atoms with Gasteiger partial charge < -0.3 is 5.32 Å². The highest BCUT2D eigenvalue weighted by Gasteiger charge is 2.25. The highest BCUT2D eigenvalue weighted by atomic mass is 79.9. The van der Waals surface area contributed by atoms with Crippen LogP contribution in [-0.2, 0) is 6.42 Å². The molecule has 0 aliphatic heterocycles. The van der Waals surface area contributed by atoms with Crippen molar-refractivity contribution in [3.8, 4) is 0 Å². The SMILES string of the molecule is C[C@H](NC1CCc2c(Br)cccc21)c1ccccn1. The molecule has 1 aliphatic rings. The Labute approximate surface area is 122 Å². The molecule has 98 valence electrons. The predicted molar refractivity (Wildman–Crippen MR) is 81.0 cm³/mol. The van der Waals surface area contributed by atoms with Crippen LogP contribution in [0.5, 0.6) is 0 Å². The number of rotatable bonds is 3. The molecule has 0 radical (unpaired) electrons. The summed E-state index contributed by atoms with van der Waals surface area (Å²) in [6.07, 6.45) is 4.16. The van der Waals surface area contributed by atoms with Crippen LogP contribution in [0.4, 0.5) is 0 Å². The second-order valence-corrected chi connectivity index (χ2v) is 5.90. The zero-order valence-corrected chi connectivity index (χ0v) is 12.5. The summed E-state index contributed by atoms with van der Waals surface area (Å²) in [5.74, 6) is 0. The number of pyridine rings is 1. The maximum atomic E-state index is 4.42. The fraction of sp³-hybridized carbons (Fsp3) is 0.312. The van der Waals surface area contributed by atoms with E-state index < -0.39 is 0 Å². The first-order chi connectivity index (χ1) is 9.25. The van der Waals surface area contributed by atoms with Crippen LogP contribution in [0.2, 0.25) is 0 Å². The molecule has 19 heavy (non-hydrogen) atoms. The van der Waals surface area contributed by atoms with Gasteiger partial charge >= 0.3 is 0 Å². The number of halogens is 1. The number of hydrogen-bond acceptors (Lipinski definition) is 2. The van der Waals surface area contributed by atoms with Gasteiger partial charge in [0.05, 0.1) is 5.69 Å². The number of hydrogen-bond donors (Lipinski definition) is 1. The Hall–Kier alpha value is -1.19. The van der Waals surface area contributed by atoms with E-state index in [9.17, 15) is 0 Å². The van der Waals surface area contributed by atoms with E-state index in [4.69, 9.17) is 0 Å². The summed E-state index contributed by atoms with van der Waals surface area (Å²) in [6.45, 7) is 2.18. The summed E-state index contributed by atoms with van der Waals surface area (Å²) < 4.78 is 1.24. The molecule has 1 N–H and O–H groups in total. The molecule has 1 unspecified atom stereocenters. The molecular formula is C16H17BrN2. The molecule has 0 saturated carbocycles. The van der Waals surface area contributed by atoms with E-state index in [2.05, 4.69) is 57.4 Å². The number of nitrogens with one attached hydrogen (secondary N) is 1. The van der Waals surface area contributed by atoms with Crippen molar-refractivity contribution < 1.29 is 0 Å². The summed E-state index contributed by atoms with van der Waals surface area (Å²) in [4.78, 5) is 4.42. The van der Waals surface area contributed by atoms with Crippen LogP contribution < -0.4 is 5.32 Å². The Balaban J connectivity index is 1.78. The zero-order chi connectivity index (χ0) is 13.2. The summed E-state index contributed by atoms with van der Waals surface area (Å²) >= 11 is 3.65. The topological polar surface area (TPSA) is 24.9 Å². The van der Waals surface area contributed by atoms with E-state index in [0.29, 0.717) is 6.04 Å². The molecular weight excluding hydrogens is 300 g/mol. The van der Waals surface area contributed by atoms with Crippen molar-refractivity contribution in [2.75, 3.05) is 0 Å². The predicted octanol–water partition coefficient (Wildman–Crippen LogP) is 4.18. The zero-order valence-electron chi connectivity index (χ0n) is 10.9. The van der Waals surface area contributed by atoms with Gasteiger partial charge in [-0.25, -0.2) is 0 Å². The normalized spacial score (nSPS) is 19.2. The molecule has 2 atom stereocenters. The molecule has 2 aromatic rings. The van der Waals surface area contributed by atoms with E-state index in [1.165, 1.54) is 15.6 Å². The third-order valence-electron chi connectivity index (χ3n) is 3.80. The molecule has 1 heterocycles. The minimum atomic E-state index is 0.274. The molecule has 1 aromatic heterocycles. The first-order valence-electron chi connectivity index (χ1n) is 6.70. The van der Waals surface area contributed by atoms with Gasteiger partial charge in [-0.3, -0.25) is 4.98 Å². The number of nitrogens with zero attached hydrogens (tertiary/aromatic N) is 1. The van der Waals surface area contributed by atoms with Crippen LogP contribution in [0.25, 0.3) is 0 Å². The largest absolute Gasteiger partial charge is 0.302 e. The number of aromatic nitrogens is 1. The highest BCUT2D eigenvalue weighted by molar-refractivity contribution is 9.10. The molecule has 0 spiro atoms. The third-order valence-corrected chi connectivity index (χ3v) is 4.54. The summed E-state index contributed by atoms with van der Waals surface area (Å²) in [5.41, 5.74) is 3.98. The van der Waals surface area contributed by atoms with Crippen molar-refractivity contribution in [2.45, 2.75) is 31.8 Å². The number of fused-ring (bicyclic) bond motifs is 1. The van der Waals surface area contributed by atoms with Crippen molar-refractivity contribution in [1.29, 1.82) is 0 Å². The minimum Gasteiger partial charge on any atom is -0.302 e. The number of benzene rings is 1. The molecule has 1 aliphatic carbocycles. The third kappa shape index (κ3) is 2.58. The minimum absolute atomic E-state index is 0.274.